The molecular formula is C18H17N3O6. The number of carbonyl (C=O) groups is 2. The molecule has 2 aromatic carbocycles. The summed E-state index contributed by atoms with van der Waals surface area (Å²) < 4.78 is 10.8. The fourth-order valence-corrected chi connectivity index (χ4v) is 2.66. The molecule has 1 unspecified atom stereocenters. The van der Waals surface area contributed by atoms with E-state index < -0.39 is 23.5 Å². The van der Waals surface area contributed by atoms with Gasteiger partial charge in [0.05, 0.1) is 10.6 Å². The van der Waals surface area contributed by atoms with Crippen molar-refractivity contribution >= 4 is 28.9 Å². The molecule has 0 bridgehead atoms. The minimum atomic E-state index is -0.579. The van der Waals surface area contributed by atoms with Crippen LogP contribution in [0.1, 0.15) is 6.92 Å². The van der Waals surface area contributed by atoms with Crippen LogP contribution >= 0.6 is 0 Å². The van der Waals surface area contributed by atoms with Crippen molar-refractivity contribution in [2.24, 2.45) is 0 Å². The predicted molar refractivity (Wildman–Crippen MR) is 97.2 cm³/mol. The number of likely N-dealkylation sites (N-methyl/N-ethyl adjacent to an activating group) is 1. The molecule has 3 rings (SSSR count). The molecule has 1 N–H and O–H groups in total. The molecule has 1 aliphatic heterocycles. The number of nitrogens with one attached hydrogen (secondary N) is 1. The van der Waals surface area contributed by atoms with Crippen LogP contribution in [0.5, 0.6) is 11.5 Å². The summed E-state index contributed by atoms with van der Waals surface area (Å²) in [5, 5.41) is 13.6. The van der Waals surface area contributed by atoms with Crippen LogP contribution in [-0.2, 0) is 9.59 Å². The van der Waals surface area contributed by atoms with E-state index in [1.165, 1.54) is 23.1 Å². The van der Waals surface area contributed by atoms with Crippen LogP contribution in [0.15, 0.2) is 42.5 Å². The Morgan fingerprint density at radius 1 is 1.33 bits per heavy atom. The molecule has 0 fully saturated rings. The molecule has 1 heterocycles. The van der Waals surface area contributed by atoms with Crippen molar-refractivity contribution < 1.29 is 24.0 Å². The van der Waals surface area contributed by atoms with Gasteiger partial charge in [0, 0.05) is 18.8 Å². The average molecular weight is 371 g/mol. The second-order valence-corrected chi connectivity index (χ2v) is 5.90. The summed E-state index contributed by atoms with van der Waals surface area (Å²) in [6.07, 6.45) is -0.571. The van der Waals surface area contributed by atoms with Crippen LogP contribution in [0.2, 0.25) is 0 Å². The zero-order valence-electron chi connectivity index (χ0n) is 14.7. The zero-order chi connectivity index (χ0) is 19.6. The molecule has 0 saturated carbocycles. The molecule has 9 heteroatoms. The third kappa shape index (κ3) is 3.81. The van der Waals surface area contributed by atoms with Crippen LogP contribution in [0, 0.1) is 10.1 Å². The molecule has 0 aromatic heterocycles. The second kappa shape index (κ2) is 7.32. The van der Waals surface area contributed by atoms with E-state index in [1.54, 1.807) is 38.2 Å². The number of anilines is 2. The Hall–Kier alpha value is -3.62. The first-order valence-electron chi connectivity index (χ1n) is 8.11. The maximum Gasteiger partial charge on any atom is 0.310 e. The van der Waals surface area contributed by atoms with E-state index in [0.29, 0.717) is 17.1 Å². The van der Waals surface area contributed by atoms with E-state index in [-0.39, 0.29) is 17.3 Å². The number of amides is 2. The monoisotopic (exact) mass is 371 g/mol. The summed E-state index contributed by atoms with van der Waals surface area (Å²) in [4.78, 5) is 36.0. The first-order chi connectivity index (χ1) is 12.9. The Morgan fingerprint density at radius 3 is 2.81 bits per heavy atom. The van der Waals surface area contributed by atoms with Gasteiger partial charge < -0.3 is 19.7 Å². The van der Waals surface area contributed by atoms with Gasteiger partial charge in [0.25, 0.3) is 11.8 Å². The number of para-hydroxylation sites is 2. The van der Waals surface area contributed by atoms with Crippen molar-refractivity contribution in [3.8, 4) is 11.5 Å². The SMILES string of the molecule is CC1Oc2ccc(NC(=O)COc3ccccc3[N+](=O)[O-])cc2N(C)C1=O. The highest BCUT2D eigenvalue weighted by atomic mass is 16.6. The fraction of sp³-hybridized carbons (Fsp3) is 0.222. The van der Waals surface area contributed by atoms with E-state index in [0.717, 1.165) is 0 Å². The maximum atomic E-state index is 12.1. The van der Waals surface area contributed by atoms with E-state index in [2.05, 4.69) is 5.32 Å². The van der Waals surface area contributed by atoms with Gasteiger partial charge in [-0.15, -0.1) is 0 Å². The summed E-state index contributed by atoms with van der Waals surface area (Å²) in [6, 6.07) is 10.7. The quantitative estimate of drug-likeness (QED) is 0.638. The van der Waals surface area contributed by atoms with Crippen molar-refractivity contribution in [3.05, 3.63) is 52.6 Å². The maximum absolute atomic E-state index is 12.1. The Kier molecular flexibility index (Phi) is 4.93. The Morgan fingerprint density at radius 2 is 2.07 bits per heavy atom. The minimum absolute atomic E-state index is 0.0100. The van der Waals surface area contributed by atoms with Crippen molar-refractivity contribution in [2.45, 2.75) is 13.0 Å². The largest absolute Gasteiger partial charge is 0.479 e. The van der Waals surface area contributed by atoms with Gasteiger partial charge in [0.1, 0.15) is 5.75 Å². The number of ether oxygens (including phenoxy) is 2. The molecule has 1 atom stereocenters. The topological polar surface area (TPSA) is 111 Å². The van der Waals surface area contributed by atoms with Gasteiger partial charge in [-0.05, 0) is 31.2 Å². The lowest BCUT2D eigenvalue weighted by Crippen LogP contribution is -2.42. The standard InChI is InChI=1S/C18H17N3O6/c1-11-18(23)20(2)14-9-12(7-8-16(14)27-11)19-17(22)10-26-15-6-4-3-5-13(15)21(24)25/h3-9,11H,10H2,1-2H3,(H,19,22). The molecule has 0 aliphatic carbocycles. The first kappa shape index (κ1) is 18.2. The Labute approximate surface area is 154 Å². The van der Waals surface area contributed by atoms with Gasteiger partial charge in [-0.3, -0.25) is 19.7 Å². The fourth-order valence-electron chi connectivity index (χ4n) is 2.66. The van der Waals surface area contributed by atoms with Gasteiger partial charge in [-0.2, -0.15) is 0 Å². The van der Waals surface area contributed by atoms with Gasteiger partial charge >= 0.3 is 5.69 Å². The number of hydrogen-bond acceptors (Lipinski definition) is 6. The lowest BCUT2D eigenvalue weighted by Gasteiger charge is -2.30. The summed E-state index contributed by atoms with van der Waals surface area (Å²) >= 11 is 0. The van der Waals surface area contributed by atoms with Crippen LogP contribution in [0.3, 0.4) is 0 Å². The van der Waals surface area contributed by atoms with E-state index in [4.69, 9.17) is 9.47 Å². The number of benzene rings is 2. The summed E-state index contributed by atoms with van der Waals surface area (Å²) in [7, 11) is 1.63. The molecule has 9 nitrogen and oxygen atoms in total. The van der Waals surface area contributed by atoms with Crippen molar-refractivity contribution in [1.82, 2.24) is 0 Å². The highest BCUT2D eigenvalue weighted by Gasteiger charge is 2.29. The molecule has 2 amide bonds. The highest BCUT2D eigenvalue weighted by Crippen LogP contribution is 2.35. The van der Waals surface area contributed by atoms with Crippen LogP contribution in [-0.4, -0.2) is 36.5 Å². The number of hydrogen-bond donors (Lipinski definition) is 1. The highest BCUT2D eigenvalue weighted by molar-refractivity contribution is 6.00. The van der Waals surface area contributed by atoms with Crippen molar-refractivity contribution in [2.75, 3.05) is 23.9 Å². The van der Waals surface area contributed by atoms with Crippen LogP contribution in [0.4, 0.5) is 17.1 Å². The summed E-state index contributed by atoms with van der Waals surface area (Å²) in [5.41, 5.74) is 0.767. The van der Waals surface area contributed by atoms with Gasteiger partial charge in [0.15, 0.2) is 18.5 Å². The number of carbonyl (C=O) groups excluding carboxylic acids is 2. The molecule has 0 saturated heterocycles. The minimum Gasteiger partial charge on any atom is -0.479 e. The molecule has 1 aliphatic rings. The van der Waals surface area contributed by atoms with Crippen molar-refractivity contribution in [1.29, 1.82) is 0 Å². The predicted octanol–water partition coefficient (Wildman–Crippen LogP) is 2.36. The molecule has 0 radical (unpaired) electrons. The number of nitro benzene ring substituents is 1. The normalized spacial score (nSPS) is 15.6. The Balaban J connectivity index is 1.67. The first-order valence-corrected chi connectivity index (χ1v) is 8.11. The number of rotatable bonds is 5. The molecule has 140 valence electrons. The average Bonchev–Trinajstić information content (AvgIpc) is 2.65. The molecule has 2 aromatic rings. The lowest BCUT2D eigenvalue weighted by molar-refractivity contribution is -0.385. The molecule has 0 spiro atoms. The second-order valence-electron chi connectivity index (χ2n) is 5.90. The third-order valence-electron chi connectivity index (χ3n) is 4.01. The smallest absolute Gasteiger partial charge is 0.310 e. The molecule has 27 heavy (non-hydrogen) atoms. The van der Waals surface area contributed by atoms with Crippen molar-refractivity contribution in [3.63, 3.8) is 0 Å². The van der Waals surface area contributed by atoms with Gasteiger partial charge in [0.2, 0.25) is 0 Å². The van der Waals surface area contributed by atoms with Gasteiger partial charge in [-0.25, -0.2) is 0 Å². The number of fused-ring (bicyclic) bond motifs is 1. The van der Waals surface area contributed by atoms with E-state index in [1.807, 2.05) is 0 Å². The number of nitrogens with zero attached hydrogens (tertiary/aromatic N) is 2. The van der Waals surface area contributed by atoms with E-state index >= 15 is 0 Å². The van der Waals surface area contributed by atoms with Crippen LogP contribution in [0.25, 0.3) is 0 Å². The van der Waals surface area contributed by atoms with Crippen LogP contribution < -0.4 is 19.7 Å². The lowest BCUT2D eigenvalue weighted by atomic mass is 10.2. The zero-order valence-corrected chi connectivity index (χ0v) is 14.7. The number of nitro groups is 1. The third-order valence-corrected chi connectivity index (χ3v) is 4.01. The molecular weight excluding hydrogens is 354 g/mol. The Bertz CT molecular complexity index is 914. The van der Waals surface area contributed by atoms with E-state index in [9.17, 15) is 19.7 Å². The van der Waals surface area contributed by atoms with Gasteiger partial charge in [-0.1, -0.05) is 12.1 Å². The summed E-state index contributed by atoms with van der Waals surface area (Å²) in [6.45, 7) is 1.27. The summed E-state index contributed by atoms with van der Waals surface area (Å²) in [5.74, 6) is -0.132.